The van der Waals surface area contributed by atoms with E-state index in [0.717, 1.165) is 64.0 Å². The lowest BCUT2D eigenvalue weighted by molar-refractivity contribution is 0.101. The second-order valence-corrected chi connectivity index (χ2v) is 15.0. The van der Waals surface area contributed by atoms with Crippen LogP contribution in [-0.4, -0.2) is 36.8 Å². The molecule has 2 atom stereocenters. The zero-order chi connectivity index (χ0) is 33.0. The number of halogens is 1. The Labute approximate surface area is 285 Å². The maximum atomic E-state index is 14.8. The van der Waals surface area contributed by atoms with Crippen LogP contribution in [0, 0.1) is 30.5 Å². The van der Waals surface area contributed by atoms with E-state index in [0.29, 0.717) is 23.2 Å². The van der Waals surface area contributed by atoms with Crippen LogP contribution in [0.2, 0.25) is 0 Å². The molecule has 246 valence electrons. The van der Waals surface area contributed by atoms with Crippen molar-refractivity contribution in [3.05, 3.63) is 104 Å². The topological polar surface area (TPSA) is 161 Å². The fourth-order valence-electron chi connectivity index (χ4n) is 4.81. The van der Waals surface area contributed by atoms with Crippen LogP contribution < -0.4 is 5.14 Å². The van der Waals surface area contributed by atoms with Gasteiger partial charge in [-0.3, -0.25) is 4.79 Å². The van der Waals surface area contributed by atoms with Crippen molar-refractivity contribution in [3.63, 3.8) is 0 Å². The lowest BCUT2D eigenvalue weighted by Crippen LogP contribution is -2.07. The number of ketones is 1. The summed E-state index contributed by atoms with van der Waals surface area (Å²) in [5, 5.41) is 12.9. The molecule has 1 fully saturated rings. The van der Waals surface area contributed by atoms with Crippen LogP contribution in [0.3, 0.4) is 0 Å². The van der Waals surface area contributed by atoms with E-state index < -0.39 is 27.9 Å². The first-order chi connectivity index (χ1) is 22.0. The summed E-state index contributed by atoms with van der Waals surface area (Å²) in [4.78, 5) is 18.9. The summed E-state index contributed by atoms with van der Waals surface area (Å²) in [5.41, 5.74) is 5.59. The summed E-state index contributed by atoms with van der Waals surface area (Å²) in [6.45, 7) is 3.56. The summed E-state index contributed by atoms with van der Waals surface area (Å²) >= 11 is 0.913. The van der Waals surface area contributed by atoms with Gasteiger partial charge in [0.1, 0.15) is 5.69 Å². The lowest BCUT2D eigenvalue weighted by atomic mass is 9.96. The molecule has 47 heavy (non-hydrogen) atoms. The second-order valence-electron chi connectivity index (χ2n) is 10.9. The van der Waals surface area contributed by atoms with Crippen molar-refractivity contribution >= 4 is 50.5 Å². The van der Waals surface area contributed by atoms with Crippen LogP contribution in [-0.2, 0) is 43.3 Å². The van der Waals surface area contributed by atoms with Crippen LogP contribution in [0.4, 0.5) is 4.39 Å². The number of rotatable bonds is 8. The monoisotopic (exact) mass is 712 g/mol. The predicted octanol–water partition coefficient (Wildman–Crippen LogP) is 5.85. The smallest absolute Gasteiger partial charge is 0.211 e. The van der Waals surface area contributed by atoms with Gasteiger partial charge < -0.3 is 10.0 Å². The van der Waals surface area contributed by atoms with Crippen molar-refractivity contribution in [1.29, 1.82) is 0 Å². The van der Waals surface area contributed by atoms with Crippen molar-refractivity contribution in [3.8, 4) is 28.2 Å². The molecule has 9 nitrogen and oxygen atoms in total. The minimum atomic E-state index is -2.28. The van der Waals surface area contributed by atoms with Crippen LogP contribution >= 0.6 is 22.7 Å². The first-order valence-electron chi connectivity index (χ1n) is 14.3. The molecule has 1 aliphatic rings. The Kier molecular flexibility index (Phi) is 12.3. The highest BCUT2D eigenvalue weighted by atomic mass is 32.2. The molecule has 1 aliphatic carbocycles. The van der Waals surface area contributed by atoms with Gasteiger partial charge in [0.15, 0.2) is 22.6 Å². The van der Waals surface area contributed by atoms with E-state index in [1.807, 2.05) is 35.0 Å². The number of Topliss-reactive ketones (excluding diaryl/α,β-unsaturated/α-hetero) is 1. The van der Waals surface area contributed by atoms with Gasteiger partial charge in [0.2, 0.25) is 10.0 Å². The van der Waals surface area contributed by atoms with Gasteiger partial charge in [0.25, 0.3) is 0 Å². The van der Waals surface area contributed by atoms with E-state index >= 15 is 0 Å². The molecule has 1 saturated carbocycles. The molecule has 14 heteroatoms. The summed E-state index contributed by atoms with van der Waals surface area (Å²) in [6.07, 6.45) is 4.59. The highest BCUT2D eigenvalue weighted by Crippen LogP contribution is 2.38. The molecule has 5 aromatic rings. The molecule has 0 amide bonds. The average molecular weight is 713 g/mol. The van der Waals surface area contributed by atoms with E-state index in [1.54, 1.807) is 22.8 Å². The largest absolute Gasteiger partial charge is 0.870 e. The van der Waals surface area contributed by atoms with Crippen LogP contribution in [0.25, 0.3) is 16.4 Å². The number of thiophene rings is 1. The predicted molar refractivity (Wildman–Crippen MR) is 185 cm³/mol. The van der Waals surface area contributed by atoms with Gasteiger partial charge >= 0.3 is 0 Å². The zero-order valence-corrected chi connectivity index (χ0v) is 29.2. The fourth-order valence-corrected chi connectivity index (χ4v) is 6.87. The molecule has 6 rings (SSSR count). The van der Waals surface area contributed by atoms with Crippen LogP contribution in [0.1, 0.15) is 62.4 Å². The van der Waals surface area contributed by atoms with Gasteiger partial charge in [-0.25, -0.2) is 14.1 Å². The molecule has 3 N–H and O–H groups in total. The highest BCUT2D eigenvalue weighted by molar-refractivity contribution is 7.82. The standard InChI is InChI=1S/C32H27FN4O2S3.CH4O2S.H2O/c1-19-6-11-25(41-19)12-9-21-4-3-5-24(14-21)31-26(15-23-10-13-30(42(34)39)27(33)16-23)29(17-22-7-8-22)37(36-31)32-35-28(18-40-32)20(2)38;1-4(2)3;/h3-6,10-11,13-14,16,18,22H,7-8,15,17H2,1-2H3,(H2,34,39);4H,1H3;1H2. The lowest BCUT2D eigenvalue weighted by Gasteiger charge is -2.09. The third kappa shape index (κ3) is 9.45. The molecule has 0 aliphatic heterocycles. The zero-order valence-electron chi connectivity index (χ0n) is 25.8. The Balaban J connectivity index is 0.000000947. The molecular weight excluding hydrogens is 680 g/mol. The summed E-state index contributed by atoms with van der Waals surface area (Å²) < 4.78 is 46.5. The average Bonchev–Trinajstić information content (AvgIpc) is 3.34. The molecule has 3 heterocycles. The van der Waals surface area contributed by atoms with Gasteiger partial charge in [-0.1, -0.05) is 34.2 Å². The van der Waals surface area contributed by atoms with Crippen molar-refractivity contribution in [2.24, 2.45) is 11.1 Å². The maximum Gasteiger partial charge on any atom is 0.211 e. The number of aryl methyl sites for hydroxylation is 1. The molecule has 0 saturated heterocycles. The van der Waals surface area contributed by atoms with Crippen molar-refractivity contribution in [2.45, 2.75) is 44.4 Å². The first-order valence-corrected chi connectivity index (χ1v) is 19.0. The number of hydrogen-bond donors (Lipinski definition) is 1. The molecule has 0 radical (unpaired) electrons. The number of nitrogens with two attached hydrogens (primary N) is 1. The van der Waals surface area contributed by atoms with Gasteiger partial charge in [-0.2, -0.15) is 5.10 Å². The number of benzene rings is 2. The summed E-state index contributed by atoms with van der Waals surface area (Å²) in [6, 6.07) is 16.7. The highest BCUT2D eigenvalue weighted by Gasteiger charge is 2.29. The summed E-state index contributed by atoms with van der Waals surface area (Å²) in [7, 11) is -2.28. The van der Waals surface area contributed by atoms with Gasteiger partial charge in [-0.15, -0.1) is 32.0 Å². The van der Waals surface area contributed by atoms with Gasteiger partial charge in [0, 0.05) is 51.4 Å². The van der Waals surface area contributed by atoms with Gasteiger partial charge in [0.05, 0.1) is 22.5 Å². The Morgan fingerprint density at radius 2 is 1.89 bits per heavy atom. The maximum absolute atomic E-state index is 14.8. The van der Waals surface area contributed by atoms with Gasteiger partial charge in [-0.05, 0) is 74.1 Å². The minimum Gasteiger partial charge on any atom is -0.870 e. The number of nitrogens with zero attached hydrogens (tertiary/aromatic N) is 3. The molecule has 3 aromatic heterocycles. The molecule has 0 spiro atoms. The van der Waals surface area contributed by atoms with E-state index in [9.17, 15) is 13.4 Å². The number of carbonyl (C=O) groups excluding carboxylic acids is 1. The molecular formula is C33H33FN4O5S4. The quantitative estimate of drug-likeness (QED) is 0.0915. The van der Waals surface area contributed by atoms with Crippen molar-refractivity contribution in [1.82, 2.24) is 14.8 Å². The van der Waals surface area contributed by atoms with E-state index in [-0.39, 0.29) is 16.2 Å². The van der Waals surface area contributed by atoms with Crippen molar-refractivity contribution < 1.29 is 27.6 Å². The van der Waals surface area contributed by atoms with E-state index in [2.05, 4.69) is 29.8 Å². The number of carbonyl (C=O) groups is 1. The first kappa shape index (κ1) is 36.2. The Hall–Kier alpha value is -3.68. The third-order valence-corrected chi connectivity index (χ3v) is 9.71. The molecule has 2 unspecified atom stereocenters. The van der Waals surface area contributed by atoms with Crippen LogP contribution in [0.5, 0.6) is 0 Å². The number of thiol groups is 2. The fraction of sp³-hybridized carbons (Fsp3) is 0.242. The van der Waals surface area contributed by atoms with E-state index in [1.165, 1.54) is 35.3 Å². The van der Waals surface area contributed by atoms with Crippen molar-refractivity contribution in [2.75, 3.05) is 6.26 Å². The SMILES string of the molecule is CC(=O)c1csc(-n2nc(-c3cccc(C#Cc4ccc(C)s4)c3)c(Cc3ccc([SH+](N)=O)c(F)c3)c2CC2CC2)n1.C[SH+](=O)[O-].[OH-]. The number of hydrogen-bond acceptors (Lipinski definition) is 9. The third-order valence-electron chi connectivity index (χ3n) is 7.14. The normalized spacial score (nSPS) is 13.4. The molecule has 2 aromatic carbocycles. The summed E-state index contributed by atoms with van der Waals surface area (Å²) in [5.74, 6) is 6.38. The number of thiazole rings is 1. The minimum absolute atomic E-state index is 0. The Morgan fingerprint density at radius 3 is 2.49 bits per heavy atom. The second kappa shape index (κ2) is 15.9. The Morgan fingerprint density at radius 1 is 1.15 bits per heavy atom. The van der Waals surface area contributed by atoms with E-state index in [4.69, 9.17) is 19.0 Å². The molecule has 0 bridgehead atoms. The number of aromatic nitrogens is 3. The Bertz CT molecular complexity index is 2020. The van der Waals surface area contributed by atoms with Crippen LogP contribution in [0.15, 0.2) is 64.9 Å².